The standard InChI is InChI=1S/C16H13ClFN3O/c1-10-2-4-11(5-3-10)16-20-15(22-21-16)9-19-14-7-6-12(17)8-13(14)18/h2-8,19H,9H2,1H3. The number of hydrogen-bond donors (Lipinski definition) is 1. The number of benzene rings is 2. The van der Waals surface area contributed by atoms with Gasteiger partial charge >= 0.3 is 0 Å². The number of aryl methyl sites for hydroxylation is 1. The molecule has 0 bridgehead atoms. The number of aromatic nitrogens is 2. The average molecular weight is 318 g/mol. The lowest BCUT2D eigenvalue weighted by atomic mass is 10.1. The van der Waals surface area contributed by atoms with Crippen LogP contribution in [-0.2, 0) is 6.54 Å². The van der Waals surface area contributed by atoms with Crippen LogP contribution in [0, 0.1) is 12.7 Å². The van der Waals surface area contributed by atoms with Gasteiger partial charge in [0, 0.05) is 10.6 Å². The highest BCUT2D eigenvalue weighted by molar-refractivity contribution is 6.30. The van der Waals surface area contributed by atoms with Crippen molar-refractivity contribution in [3.05, 3.63) is 64.8 Å². The Balaban J connectivity index is 1.70. The Bertz CT molecular complexity index is 786. The maximum absolute atomic E-state index is 13.6. The Morgan fingerprint density at radius 1 is 1.18 bits per heavy atom. The molecule has 0 saturated carbocycles. The third kappa shape index (κ3) is 3.26. The van der Waals surface area contributed by atoms with Crippen LogP contribution in [0.15, 0.2) is 47.0 Å². The highest BCUT2D eigenvalue weighted by atomic mass is 35.5. The monoisotopic (exact) mass is 317 g/mol. The average Bonchev–Trinajstić information content (AvgIpc) is 2.96. The molecule has 0 aliphatic heterocycles. The van der Waals surface area contributed by atoms with Crippen molar-refractivity contribution in [2.45, 2.75) is 13.5 Å². The van der Waals surface area contributed by atoms with E-state index in [0.717, 1.165) is 11.1 Å². The van der Waals surface area contributed by atoms with E-state index in [9.17, 15) is 4.39 Å². The van der Waals surface area contributed by atoms with Crippen molar-refractivity contribution in [3.63, 3.8) is 0 Å². The SMILES string of the molecule is Cc1ccc(-c2noc(CNc3ccc(Cl)cc3F)n2)cc1. The van der Waals surface area contributed by atoms with Crippen LogP contribution < -0.4 is 5.32 Å². The summed E-state index contributed by atoms with van der Waals surface area (Å²) >= 11 is 5.71. The number of nitrogens with one attached hydrogen (secondary N) is 1. The Morgan fingerprint density at radius 3 is 2.68 bits per heavy atom. The first-order chi connectivity index (χ1) is 10.6. The molecule has 3 aromatic rings. The van der Waals surface area contributed by atoms with Gasteiger partial charge in [-0.25, -0.2) is 4.39 Å². The highest BCUT2D eigenvalue weighted by Gasteiger charge is 2.09. The van der Waals surface area contributed by atoms with E-state index < -0.39 is 5.82 Å². The van der Waals surface area contributed by atoms with Gasteiger partial charge in [-0.3, -0.25) is 0 Å². The molecule has 1 N–H and O–H groups in total. The lowest BCUT2D eigenvalue weighted by Crippen LogP contribution is -2.01. The molecule has 0 saturated heterocycles. The molecule has 0 aliphatic rings. The molecule has 6 heteroatoms. The number of anilines is 1. The zero-order chi connectivity index (χ0) is 15.5. The van der Waals surface area contributed by atoms with Crippen molar-refractivity contribution in [1.29, 1.82) is 0 Å². The fraction of sp³-hybridized carbons (Fsp3) is 0.125. The second-order valence-electron chi connectivity index (χ2n) is 4.86. The van der Waals surface area contributed by atoms with Crippen LogP contribution >= 0.6 is 11.6 Å². The number of nitrogens with zero attached hydrogens (tertiary/aromatic N) is 2. The second-order valence-corrected chi connectivity index (χ2v) is 5.29. The van der Waals surface area contributed by atoms with Crippen molar-refractivity contribution in [1.82, 2.24) is 10.1 Å². The fourth-order valence-corrected chi connectivity index (χ4v) is 2.11. The van der Waals surface area contributed by atoms with Gasteiger partial charge in [0.15, 0.2) is 0 Å². The molecule has 0 radical (unpaired) electrons. The zero-order valence-electron chi connectivity index (χ0n) is 11.8. The molecule has 1 heterocycles. The van der Waals surface area contributed by atoms with E-state index in [1.165, 1.54) is 6.07 Å². The third-order valence-corrected chi connectivity index (χ3v) is 3.37. The molecular weight excluding hydrogens is 305 g/mol. The summed E-state index contributed by atoms with van der Waals surface area (Å²) in [5.41, 5.74) is 2.37. The van der Waals surface area contributed by atoms with E-state index in [2.05, 4.69) is 15.5 Å². The van der Waals surface area contributed by atoms with Gasteiger partial charge in [-0.2, -0.15) is 4.98 Å². The minimum Gasteiger partial charge on any atom is -0.374 e. The normalized spacial score (nSPS) is 10.7. The Morgan fingerprint density at radius 2 is 1.95 bits per heavy atom. The summed E-state index contributed by atoms with van der Waals surface area (Å²) in [5.74, 6) is 0.462. The first kappa shape index (κ1) is 14.5. The third-order valence-electron chi connectivity index (χ3n) is 3.14. The maximum atomic E-state index is 13.6. The predicted molar refractivity (Wildman–Crippen MR) is 83.2 cm³/mol. The van der Waals surface area contributed by atoms with E-state index in [1.807, 2.05) is 31.2 Å². The molecule has 4 nitrogen and oxygen atoms in total. The number of rotatable bonds is 4. The van der Waals surface area contributed by atoms with Crippen LogP contribution in [0.4, 0.5) is 10.1 Å². The van der Waals surface area contributed by atoms with Crippen molar-refractivity contribution >= 4 is 17.3 Å². The maximum Gasteiger partial charge on any atom is 0.246 e. The van der Waals surface area contributed by atoms with Crippen LogP contribution in [0.2, 0.25) is 5.02 Å². The lowest BCUT2D eigenvalue weighted by molar-refractivity contribution is 0.384. The summed E-state index contributed by atoms with van der Waals surface area (Å²) in [4.78, 5) is 4.28. The summed E-state index contributed by atoms with van der Waals surface area (Å²) in [6.07, 6.45) is 0. The Hall–Kier alpha value is -2.40. The molecular formula is C16H13ClFN3O. The minimum absolute atomic E-state index is 0.234. The molecule has 0 fully saturated rings. The summed E-state index contributed by atoms with van der Waals surface area (Å²) < 4.78 is 18.8. The second kappa shape index (κ2) is 6.15. The van der Waals surface area contributed by atoms with Crippen molar-refractivity contribution in [2.75, 3.05) is 5.32 Å². The van der Waals surface area contributed by atoms with Gasteiger partial charge in [0.25, 0.3) is 0 Å². The number of hydrogen-bond acceptors (Lipinski definition) is 4. The molecule has 0 spiro atoms. The van der Waals surface area contributed by atoms with E-state index in [4.69, 9.17) is 16.1 Å². The van der Waals surface area contributed by atoms with E-state index in [0.29, 0.717) is 22.4 Å². The van der Waals surface area contributed by atoms with Crippen molar-refractivity contribution in [3.8, 4) is 11.4 Å². The molecule has 0 amide bonds. The van der Waals surface area contributed by atoms with Gasteiger partial charge < -0.3 is 9.84 Å². The quantitative estimate of drug-likeness (QED) is 0.772. The largest absolute Gasteiger partial charge is 0.374 e. The van der Waals surface area contributed by atoms with Crippen molar-refractivity contribution < 1.29 is 8.91 Å². The van der Waals surface area contributed by atoms with Gasteiger partial charge in [-0.05, 0) is 25.1 Å². The van der Waals surface area contributed by atoms with Gasteiger partial charge in [0.05, 0.1) is 12.2 Å². The topological polar surface area (TPSA) is 51.0 Å². The van der Waals surface area contributed by atoms with Gasteiger partial charge in [0.1, 0.15) is 5.82 Å². The van der Waals surface area contributed by atoms with E-state index in [-0.39, 0.29) is 6.54 Å². The van der Waals surface area contributed by atoms with E-state index >= 15 is 0 Å². The van der Waals surface area contributed by atoms with Crippen LogP contribution in [0.1, 0.15) is 11.5 Å². The van der Waals surface area contributed by atoms with E-state index in [1.54, 1.807) is 12.1 Å². The fourth-order valence-electron chi connectivity index (χ4n) is 1.95. The van der Waals surface area contributed by atoms with Crippen molar-refractivity contribution in [2.24, 2.45) is 0 Å². The predicted octanol–water partition coefficient (Wildman–Crippen LogP) is 4.45. The molecule has 2 aromatic carbocycles. The first-order valence-corrected chi connectivity index (χ1v) is 7.08. The molecule has 22 heavy (non-hydrogen) atoms. The Labute approximate surface area is 131 Å². The van der Waals surface area contributed by atoms with Gasteiger partial charge in [-0.15, -0.1) is 0 Å². The highest BCUT2D eigenvalue weighted by Crippen LogP contribution is 2.20. The minimum atomic E-state index is -0.425. The summed E-state index contributed by atoms with van der Waals surface area (Å²) in [5, 5.41) is 7.17. The lowest BCUT2D eigenvalue weighted by Gasteiger charge is -2.04. The van der Waals surface area contributed by atoms with Crippen LogP contribution in [0.25, 0.3) is 11.4 Å². The van der Waals surface area contributed by atoms with Crippen LogP contribution in [0.5, 0.6) is 0 Å². The van der Waals surface area contributed by atoms with Gasteiger partial charge in [-0.1, -0.05) is 46.6 Å². The molecule has 0 unspecified atom stereocenters. The summed E-state index contributed by atoms with van der Waals surface area (Å²) in [6, 6.07) is 12.2. The Kier molecular flexibility index (Phi) is 4.06. The molecule has 1 aromatic heterocycles. The molecule has 3 rings (SSSR count). The first-order valence-electron chi connectivity index (χ1n) is 6.70. The summed E-state index contributed by atoms with van der Waals surface area (Å²) in [6.45, 7) is 2.24. The van der Waals surface area contributed by atoms with Crippen LogP contribution in [-0.4, -0.2) is 10.1 Å². The molecule has 112 valence electrons. The smallest absolute Gasteiger partial charge is 0.246 e. The summed E-state index contributed by atoms with van der Waals surface area (Å²) in [7, 11) is 0. The molecule has 0 aliphatic carbocycles. The molecule has 0 atom stereocenters. The number of halogens is 2. The van der Waals surface area contributed by atoms with Crippen LogP contribution in [0.3, 0.4) is 0 Å². The zero-order valence-corrected chi connectivity index (χ0v) is 12.6. The van der Waals surface area contributed by atoms with Gasteiger partial charge in [0.2, 0.25) is 11.7 Å².